The summed E-state index contributed by atoms with van der Waals surface area (Å²) in [5, 5.41) is 13.6. The highest BCUT2D eigenvalue weighted by atomic mass is 16.9. The second-order valence-electron chi connectivity index (χ2n) is 2.52. The van der Waals surface area contributed by atoms with Crippen molar-refractivity contribution in [2.45, 2.75) is 13.0 Å². The lowest BCUT2D eigenvalue weighted by Gasteiger charge is -2.00. The lowest BCUT2D eigenvalue weighted by molar-refractivity contribution is -0.742. The minimum absolute atomic E-state index is 0.820. The van der Waals surface area contributed by atoms with Crippen LogP contribution in [0.25, 0.3) is 0 Å². The average Bonchev–Trinajstić information content (AvgIpc) is 2.53. The summed E-state index contributed by atoms with van der Waals surface area (Å²) in [4.78, 5) is 12.5. The van der Waals surface area contributed by atoms with Crippen LogP contribution in [0.15, 0.2) is 37.7 Å². The SMILES string of the molecule is C=CCc1nccn1CC=C.O=[N+]([O-])O. The summed E-state index contributed by atoms with van der Waals surface area (Å²) in [7, 11) is 0. The summed E-state index contributed by atoms with van der Waals surface area (Å²) in [6.07, 6.45) is 8.26. The van der Waals surface area contributed by atoms with Crippen LogP contribution in [0.2, 0.25) is 0 Å². The number of imidazole rings is 1. The predicted octanol–water partition coefficient (Wildman–Crippen LogP) is 1.45. The van der Waals surface area contributed by atoms with Gasteiger partial charge in [-0.1, -0.05) is 12.2 Å². The van der Waals surface area contributed by atoms with Crippen molar-refractivity contribution in [1.82, 2.24) is 9.55 Å². The van der Waals surface area contributed by atoms with Gasteiger partial charge >= 0.3 is 0 Å². The Morgan fingerprint density at radius 2 is 2.20 bits per heavy atom. The number of rotatable bonds is 4. The van der Waals surface area contributed by atoms with Crippen LogP contribution in [-0.4, -0.2) is 19.8 Å². The highest BCUT2D eigenvalue weighted by molar-refractivity contribution is 4.98. The quantitative estimate of drug-likeness (QED) is 0.464. The number of hydrogen-bond donors (Lipinski definition) is 1. The highest BCUT2D eigenvalue weighted by Gasteiger charge is 1.96. The van der Waals surface area contributed by atoms with E-state index in [0.29, 0.717) is 0 Å². The zero-order valence-corrected chi connectivity index (χ0v) is 8.24. The van der Waals surface area contributed by atoms with Crippen LogP contribution in [0.4, 0.5) is 0 Å². The third-order valence-electron chi connectivity index (χ3n) is 1.45. The molecule has 0 amide bonds. The Bertz CT molecular complexity index is 305. The Hall–Kier alpha value is -2.11. The molecule has 0 bridgehead atoms. The smallest absolute Gasteiger partial charge is 0.291 e. The summed E-state index contributed by atoms with van der Waals surface area (Å²) in [6, 6.07) is 0. The first-order valence-electron chi connectivity index (χ1n) is 4.16. The van der Waals surface area contributed by atoms with E-state index in [1.807, 2.05) is 18.3 Å². The van der Waals surface area contributed by atoms with Crippen molar-refractivity contribution < 1.29 is 10.3 Å². The summed E-state index contributed by atoms with van der Waals surface area (Å²) < 4.78 is 2.05. The van der Waals surface area contributed by atoms with Gasteiger partial charge in [-0.25, -0.2) is 4.98 Å². The van der Waals surface area contributed by atoms with E-state index < -0.39 is 5.09 Å². The molecule has 1 rings (SSSR count). The molecule has 82 valence electrons. The molecule has 1 N–H and O–H groups in total. The molecule has 0 aliphatic heterocycles. The first-order chi connectivity index (χ1) is 7.11. The molecule has 0 fully saturated rings. The first kappa shape index (κ1) is 12.9. The highest BCUT2D eigenvalue weighted by Crippen LogP contribution is 1.98. The summed E-state index contributed by atoms with van der Waals surface area (Å²) in [5.74, 6) is 1.04. The molecule has 0 saturated carbocycles. The summed E-state index contributed by atoms with van der Waals surface area (Å²) in [5.41, 5.74) is 0. The number of nitrogens with zero attached hydrogens (tertiary/aromatic N) is 3. The third-order valence-corrected chi connectivity index (χ3v) is 1.45. The molecule has 0 aromatic carbocycles. The van der Waals surface area contributed by atoms with E-state index in [-0.39, 0.29) is 0 Å². The molecule has 0 aliphatic carbocycles. The van der Waals surface area contributed by atoms with Crippen molar-refractivity contribution in [1.29, 1.82) is 0 Å². The van der Waals surface area contributed by atoms with Crippen LogP contribution in [0.1, 0.15) is 5.82 Å². The fraction of sp³-hybridized carbons (Fsp3) is 0.222. The zero-order chi connectivity index (χ0) is 11.7. The van der Waals surface area contributed by atoms with Crippen LogP contribution >= 0.6 is 0 Å². The molecule has 15 heavy (non-hydrogen) atoms. The van der Waals surface area contributed by atoms with Crippen LogP contribution < -0.4 is 0 Å². The fourth-order valence-electron chi connectivity index (χ4n) is 0.964. The van der Waals surface area contributed by atoms with Gasteiger partial charge in [-0.15, -0.1) is 23.3 Å². The van der Waals surface area contributed by atoms with E-state index in [9.17, 15) is 0 Å². The number of aromatic nitrogens is 2. The van der Waals surface area contributed by atoms with Crippen LogP contribution in [0, 0.1) is 10.1 Å². The van der Waals surface area contributed by atoms with Crippen molar-refractivity contribution in [2.24, 2.45) is 0 Å². The van der Waals surface area contributed by atoms with Gasteiger partial charge < -0.3 is 9.77 Å². The number of allylic oxidation sites excluding steroid dienone is 2. The zero-order valence-electron chi connectivity index (χ0n) is 8.24. The third kappa shape index (κ3) is 6.03. The Morgan fingerprint density at radius 1 is 1.60 bits per heavy atom. The van der Waals surface area contributed by atoms with Gasteiger partial charge in [-0.05, 0) is 0 Å². The molecule has 6 nitrogen and oxygen atoms in total. The minimum Gasteiger partial charge on any atom is -0.331 e. The van der Waals surface area contributed by atoms with E-state index in [0.717, 1.165) is 18.8 Å². The summed E-state index contributed by atoms with van der Waals surface area (Å²) >= 11 is 0. The molecule has 0 saturated heterocycles. The maximum Gasteiger partial charge on any atom is 0.291 e. The Kier molecular flexibility index (Phi) is 6.28. The van der Waals surface area contributed by atoms with Gasteiger partial charge in [0, 0.05) is 25.4 Å². The van der Waals surface area contributed by atoms with Crippen molar-refractivity contribution in [3.8, 4) is 0 Å². The van der Waals surface area contributed by atoms with Crippen LogP contribution in [0.3, 0.4) is 0 Å². The maximum absolute atomic E-state index is 8.36. The molecule has 1 aromatic heterocycles. The average molecular weight is 211 g/mol. The first-order valence-corrected chi connectivity index (χ1v) is 4.16. The van der Waals surface area contributed by atoms with E-state index in [1.165, 1.54) is 0 Å². The van der Waals surface area contributed by atoms with E-state index in [2.05, 4.69) is 22.7 Å². The molecule has 0 unspecified atom stereocenters. The molecule has 1 aromatic rings. The Morgan fingerprint density at radius 3 is 2.67 bits per heavy atom. The standard InChI is InChI=1S/C9H12N2.HNO3/c1-3-5-9-10-6-8-11(9)7-4-2;2-1(3)4/h3-4,6,8H,1-2,5,7H2;(H,2,3,4). The molecular weight excluding hydrogens is 198 g/mol. The van der Waals surface area contributed by atoms with Gasteiger partial charge in [0.25, 0.3) is 5.09 Å². The van der Waals surface area contributed by atoms with Crippen LogP contribution in [-0.2, 0) is 13.0 Å². The van der Waals surface area contributed by atoms with Gasteiger partial charge in [-0.2, -0.15) is 0 Å². The second-order valence-corrected chi connectivity index (χ2v) is 2.52. The van der Waals surface area contributed by atoms with Gasteiger partial charge in [0.15, 0.2) is 0 Å². The van der Waals surface area contributed by atoms with E-state index in [4.69, 9.17) is 15.3 Å². The van der Waals surface area contributed by atoms with Gasteiger partial charge in [-0.3, -0.25) is 0 Å². The molecule has 0 atom stereocenters. The lowest BCUT2D eigenvalue weighted by atomic mass is 10.4. The monoisotopic (exact) mass is 211 g/mol. The largest absolute Gasteiger partial charge is 0.331 e. The molecule has 0 radical (unpaired) electrons. The fourth-order valence-corrected chi connectivity index (χ4v) is 0.964. The molecule has 1 heterocycles. The Labute approximate surface area is 87.3 Å². The molecular formula is C9H13N3O3. The van der Waals surface area contributed by atoms with Crippen molar-refractivity contribution >= 4 is 0 Å². The van der Waals surface area contributed by atoms with Gasteiger partial charge in [0.1, 0.15) is 5.82 Å². The number of hydrogen-bond acceptors (Lipinski definition) is 3. The molecule has 0 aliphatic rings. The maximum atomic E-state index is 8.36. The van der Waals surface area contributed by atoms with Crippen LogP contribution in [0.5, 0.6) is 0 Å². The molecule has 0 spiro atoms. The van der Waals surface area contributed by atoms with Crippen molar-refractivity contribution in [3.05, 3.63) is 53.6 Å². The van der Waals surface area contributed by atoms with E-state index >= 15 is 0 Å². The normalized spacial score (nSPS) is 8.53. The topological polar surface area (TPSA) is 81.2 Å². The van der Waals surface area contributed by atoms with Crippen molar-refractivity contribution in [3.63, 3.8) is 0 Å². The summed E-state index contributed by atoms with van der Waals surface area (Å²) in [6.45, 7) is 8.14. The van der Waals surface area contributed by atoms with Gasteiger partial charge in [0.2, 0.25) is 0 Å². The predicted molar refractivity (Wildman–Crippen MR) is 55.1 cm³/mol. The molecule has 6 heteroatoms. The van der Waals surface area contributed by atoms with Gasteiger partial charge in [0.05, 0.1) is 0 Å². The minimum atomic E-state index is -1.50. The Balaban J connectivity index is 0.000000423. The lowest BCUT2D eigenvalue weighted by Crippen LogP contribution is -1.99. The second kappa shape index (κ2) is 7.31. The van der Waals surface area contributed by atoms with E-state index in [1.54, 1.807) is 6.20 Å². The van der Waals surface area contributed by atoms with Crippen molar-refractivity contribution in [2.75, 3.05) is 0 Å².